The van der Waals surface area contributed by atoms with Crippen molar-refractivity contribution in [1.29, 1.82) is 0 Å². The van der Waals surface area contributed by atoms with Gasteiger partial charge in [0.1, 0.15) is 0 Å². The molecule has 0 heterocycles. The molecule has 0 aliphatic carbocycles. The Morgan fingerprint density at radius 3 is 2.71 bits per heavy atom. The van der Waals surface area contributed by atoms with Gasteiger partial charge in [-0.1, -0.05) is 37.9 Å². The van der Waals surface area contributed by atoms with E-state index >= 15 is 0 Å². The molecule has 0 aromatic heterocycles. The maximum Gasteiger partial charge on any atom is 0.160 e. The quantitative estimate of drug-likeness (QED) is 0.686. The number of halogens is 2. The summed E-state index contributed by atoms with van der Waals surface area (Å²) in [7, 11) is 0. The molecule has 1 atom stereocenters. The van der Waals surface area contributed by atoms with Gasteiger partial charge in [0.05, 0.1) is 6.10 Å². The molecule has 14 heavy (non-hydrogen) atoms. The van der Waals surface area contributed by atoms with E-state index in [-0.39, 0.29) is 5.78 Å². The maximum absolute atomic E-state index is 11.2. The van der Waals surface area contributed by atoms with Crippen LogP contribution in [-0.4, -0.2) is 16.2 Å². The third-order valence-corrected chi connectivity index (χ3v) is 3.21. The van der Waals surface area contributed by atoms with Crippen molar-refractivity contribution in [2.75, 3.05) is 5.33 Å². The van der Waals surface area contributed by atoms with Gasteiger partial charge in [0, 0.05) is 15.4 Å². The summed E-state index contributed by atoms with van der Waals surface area (Å²) >= 11 is 6.47. The van der Waals surface area contributed by atoms with Gasteiger partial charge < -0.3 is 5.11 Å². The van der Waals surface area contributed by atoms with E-state index in [9.17, 15) is 9.90 Å². The Kier molecular flexibility index (Phi) is 4.29. The van der Waals surface area contributed by atoms with E-state index < -0.39 is 6.10 Å². The summed E-state index contributed by atoms with van der Waals surface area (Å²) in [5, 5.41) is 10.0. The van der Waals surface area contributed by atoms with E-state index in [2.05, 4.69) is 31.9 Å². The monoisotopic (exact) mass is 320 g/mol. The van der Waals surface area contributed by atoms with E-state index in [4.69, 9.17) is 0 Å². The number of hydrogen-bond donors (Lipinski definition) is 1. The van der Waals surface area contributed by atoms with Crippen LogP contribution in [-0.2, 0) is 0 Å². The first-order chi connectivity index (χ1) is 6.56. The van der Waals surface area contributed by atoms with Crippen molar-refractivity contribution in [3.8, 4) is 0 Å². The van der Waals surface area contributed by atoms with Crippen molar-refractivity contribution in [3.05, 3.63) is 33.8 Å². The third kappa shape index (κ3) is 2.65. The molecule has 0 saturated carbocycles. The lowest BCUT2D eigenvalue weighted by molar-refractivity contribution is 0.101. The Morgan fingerprint density at radius 1 is 1.57 bits per heavy atom. The minimum atomic E-state index is -0.568. The molecule has 76 valence electrons. The summed E-state index contributed by atoms with van der Waals surface area (Å²) in [5.74, 6) is -0.0134. The van der Waals surface area contributed by atoms with Gasteiger partial charge in [-0.15, -0.1) is 0 Å². The molecule has 1 aromatic carbocycles. The van der Waals surface area contributed by atoms with Crippen LogP contribution in [0.4, 0.5) is 0 Å². The minimum absolute atomic E-state index is 0.0134. The predicted molar refractivity (Wildman–Crippen MR) is 62.9 cm³/mol. The Morgan fingerprint density at radius 2 is 2.21 bits per heavy atom. The number of hydrogen-bond acceptors (Lipinski definition) is 2. The third-order valence-electron chi connectivity index (χ3n) is 1.90. The van der Waals surface area contributed by atoms with Crippen molar-refractivity contribution in [2.45, 2.75) is 13.0 Å². The van der Waals surface area contributed by atoms with Crippen LogP contribution in [0.15, 0.2) is 22.7 Å². The van der Waals surface area contributed by atoms with Gasteiger partial charge in [0.25, 0.3) is 0 Å². The largest absolute Gasteiger partial charge is 0.388 e. The van der Waals surface area contributed by atoms with Gasteiger partial charge in [-0.2, -0.15) is 0 Å². The van der Waals surface area contributed by atoms with Crippen LogP contribution in [0.25, 0.3) is 0 Å². The molecule has 1 N–H and O–H groups in total. The molecule has 0 aliphatic heterocycles. The fourth-order valence-corrected chi connectivity index (χ4v) is 2.01. The zero-order valence-electron chi connectivity index (χ0n) is 7.63. The number of aliphatic hydroxyl groups is 1. The zero-order valence-corrected chi connectivity index (χ0v) is 10.8. The minimum Gasteiger partial charge on any atom is -0.388 e. The second-order valence-corrected chi connectivity index (χ2v) is 4.47. The van der Waals surface area contributed by atoms with Crippen molar-refractivity contribution in [1.82, 2.24) is 0 Å². The topological polar surface area (TPSA) is 37.3 Å². The van der Waals surface area contributed by atoms with Crippen LogP contribution in [0.5, 0.6) is 0 Å². The number of carbonyl (C=O) groups excluding carboxylic acids is 1. The van der Waals surface area contributed by atoms with Crippen molar-refractivity contribution >= 4 is 37.6 Å². The van der Waals surface area contributed by atoms with E-state index in [0.717, 1.165) is 10.0 Å². The van der Waals surface area contributed by atoms with Crippen molar-refractivity contribution < 1.29 is 9.90 Å². The average Bonchev–Trinajstić information content (AvgIpc) is 2.17. The van der Waals surface area contributed by atoms with Crippen LogP contribution < -0.4 is 0 Å². The Labute approximate surface area is 99.6 Å². The van der Waals surface area contributed by atoms with Crippen molar-refractivity contribution in [2.24, 2.45) is 0 Å². The second-order valence-electron chi connectivity index (χ2n) is 2.97. The number of rotatable bonds is 3. The number of benzene rings is 1. The molecule has 1 rings (SSSR count). The standard InChI is InChI=1S/C10H10Br2O2/c1-6(13)8-4-7(10(14)5-11)2-3-9(8)12/h2-4,10,14H,5H2,1H3. The molecule has 0 spiro atoms. The molecule has 1 aromatic rings. The highest BCUT2D eigenvalue weighted by atomic mass is 79.9. The summed E-state index contributed by atoms with van der Waals surface area (Å²) in [4.78, 5) is 11.2. The van der Waals surface area contributed by atoms with Gasteiger partial charge in [-0.25, -0.2) is 0 Å². The van der Waals surface area contributed by atoms with Gasteiger partial charge in [-0.3, -0.25) is 4.79 Å². The van der Waals surface area contributed by atoms with Gasteiger partial charge >= 0.3 is 0 Å². The Balaban J connectivity index is 3.12. The van der Waals surface area contributed by atoms with E-state index in [1.807, 2.05) is 0 Å². The van der Waals surface area contributed by atoms with Crippen LogP contribution in [0.1, 0.15) is 28.9 Å². The lowest BCUT2D eigenvalue weighted by Crippen LogP contribution is -2.01. The smallest absolute Gasteiger partial charge is 0.160 e. The molecule has 2 nitrogen and oxygen atoms in total. The van der Waals surface area contributed by atoms with Crippen molar-refractivity contribution in [3.63, 3.8) is 0 Å². The molecule has 0 aliphatic rings. The lowest BCUT2D eigenvalue weighted by Gasteiger charge is -2.09. The summed E-state index contributed by atoms with van der Waals surface area (Å²) in [6.45, 7) is 1.50. The van der Waals surface area contributed by atoms with Gasteiger partial charge in [0.15, 0.2) is 5.78 Å². The number of aliphatic hydroxyl groups excluding tert-OH is 1. The highest BCUT2D eigenvalue weighted by Crippen LogP contribution is 2.23. The molecular formula is C10H10Br2O2. The highest BCUT2D eigenvalue weighted by Gasteiger charge is 2.10. The zero-order chi connectivity index (χ0) is 10.7. The second kappa shape index (κ2) is 5.05. The summed E-state index contributed by atoms with van der Waals surface area (Å²) in [5.41, 5.74) is 1.35. The average molecular weight is 322 g/mol. The fraction of sp³-hybridized carbons (Fsp3) is 0.300. The number of carbonyl (C=O) groups is 1. The van der Waals surface area contributed by atoms with E-state index in [1.165, 1.54) is 6.92 Å². The molecule has 0 radical (unpaired) electrons. The summed E-state index contributed by atoms with van der Waals surface area (Å²) < 4.78 is 0.760. The van der Waals surface area contributed by atoms with Gasteiger partial charge in [0.2, 0.25) is 0 Å². The predicted octanol–water partition coefficient (Wildman–Crippen LogP) is 3.08. The molecule has 0 fully saturated rings. The lowest BCUT2D eigenvalue weighted by atomic mass is 10.1. The fourth-order valence-electron chi connectivity index (χ4n) is 1.11. The Bertz CT molecular complexity index is 350. The first-order valence-corrected chi connectivity index (χ1v) is 6.02. The van der Waals surface area contributed by atoms with E-state index in [0.29, 0.717) is 10.9 Å². The SMILES string of the molecule is CC(=O)c1cc(C(O)CBr)ccc1Br. The van der Waals surface area contributed by atoms with Crippen LogP contribution in [0.3, 0.4) is 0 Å². The highest BCUT2D eigenvalue weighted by molar-refractivity contribution is 9.10. The Hall–Kier alpha value is -0.190. The number of alkyl halides is 1. The van der Waals surface area contributed by atoms with Gasteiger partial charge in [-0.05, 0) is 24.6 Å². The van der Waals surface area contributed by atoms with E-state index in [1.54, 1.807) is 18.2 Å². The van der Waals surface area contributed by atoms with Crippen LogP contribution in [0, 0.1) is 0 Å². The molecule has 0 saturated heterocycles. The molecule has 0 amide bonds. The van der Waals surface area contributed by atoms with Crippen LogP contribution >= 0.6 is 31.9 Å². The molecule has 0 bridgehead atoms. The normalized spacial score (nSPS) is 12.6. The van der Waals surface area contributed by atoms with Crippen LogP contribution in [0.2, 0.25) is 0 Å². The summed E-state index contributed by atoms with van der Waals surface area (Å²) in [6, 6.07) is 5.28. The maximum atomic E-state index is 11.2. The number of Topliss-reactive ketones (excluding diaryl/α,β-unsaturated/α-hetero) is 1. The molecule has 1 unspecified atom stereocenters. The number of ketones is 1. The first-order valence-electron chi connectivity index (χ1n) is 4.10. The molecular weight excluding hydrogens is 312 g/mol. The summed E-state index contributed by atoms with van der Waals surface area (Å²) in [6.07, 6.45) is -0.568. The first kappa shape index (κ1) is 11.9. The molecule has 4 heteroatoms.